The van der Waals surface area contributed by atoms with Gasteiger partial charge in [0, 0.05) is 5.69 Å². The highest BCUT2D eigenvalue weighted by Crippen LogP contribution is 2.20. The van der Waals surface area contributed by atoms with Crippen LogP contribution in [0.2, 0.25) is 0 Å². The summed E-state index contributed by atoms with van der Waals surface area (Å²) in [5.41, 5.74) is 3.87. The molecule has 0 spiro atoms. The molecule has 7 nitrogen and oxygen atoms in total. The minimum absolute atomic E-state index is 0.185. The average Bonchev–Trinajstić information content (AvgIpc) is 2.81. The molecule has 1 amide bonds. The van der Waals surface area contributed by atoms with E-state index < -0.39 is 18.0 Å². The summed E-state index contributed by atoms with van der Waals surface area (Å²) in [5.74, 6) is -0.501. The molecule has 0 radical (unpaired) electrons. The molecule has 0 saturated carbocycles. The number of anilines is 1. The predicted octanol–water partition coefficient (Wildman–Crippen LogP) is 4.49. The Morgan fingerprint density at radius 3 is 2.24 bits per heavy atom. The number of carbonyl (C=O) groups is 2. The Kier molecular flexibility index (Phi) is 6.27. The fraction of sp³-hybridized carbons (Fsp3) is 0.185. The van der Waals surface area contributed by atoms with Crippen molar-refractivity contribution >= 4 is 28.5 Å². The molecule has 172 valence electrons. The fourth-order valence-corrected chi connectivity index (χ4v) is 3.81. The van der Waals surface area contributed by atoms with Crippen LogP contribution in [0.3, 0.4) is 0 Å². The summed E-state index contributed by atoms with van der Waals surface area (Å²) in [5, 5.41) is 3.35. The van der Waals surface area contributed by atoms with Crippen molar-refractivity contribution in [2.45, 2.75) is 33.8 Å². The quantitative estimate of drug-likeness (QED) is 0.448. The Bertz CT molecular complexity index is 1440. The van der Waals surface area contributed by atoms with Gasteiger partial charge in [0.05, 0.1) is 22.2 Å². The Labute approximate surface area is 197 Å². The number of esters is 1. The van der Waals surface area contributed by atoms with Gasteiger partial charge in [0.25, 0.3) is 11.5 Å². The van der Waals surface area contributed by atoms with Crippen LogP contribution >= 0.6 is 0 Å². The summed E-state index contributed by atoms with van der Waals surface area (Å²) in [7, 11) is 0. The maximum Gasteiger partial charge on any atom is 0.338 e. The van der Waals surface area contributed by atoms with Crippen LogP contribution < -0.4 is 10.9 Å². The van der Waals surface area contributed by atoms with Crippen LogP contribution in [-0.2, 0) is 9.53 Å². The Morgan fingerprint density at radius 1 is 0.912 bits per heavy atom. The molecule has 7 heteroatoms. The highest BCUT2D eigenvalue weighted by atomic mass is 16.5. The van der Waals surface area contributed by atoms with Gasteiger partial charge in [0.1, 0.15) is 5.82 Å². The molecule has 1 aromatic heterocycles. The van der Waals surface area contributed by atoms with E-state index in [-0.39, 0.29) is 11.1 Å². The second-order valence-corrected chi connectivity index (χ2v) is 8.17. The molecule has 1 unspecified atom stereocenters. The van der Waals surface area contributed by atoms with Gasteiger partial charge in [-0.25, -0.2) is 9.78 Å². The average molecular weight is 456 g/mol. The topological polar surface area (TPSA) is 90.3 Å². The maximum atomic E-state index is 13.0. The standard InChI is InChI=1S/C27H25N3O4/c1-16-8-7-9-17(2)24(16)29-25(31)18(3)34-27(33)20-12-14-21(15-13-20)30-19(4)28-23-11-6-5-10-22(23)26(30)32/h5-15,18H,1-4H3,(H,29,31). The number of fused-ring (bicyclic) bond motifs is 1. The molecule has 3 aromatic carbocycles. The maximum absolute atomic E-state index is 13.0. The van der Waals surface area contributed by atoms with Gasteiger partial charge in [-0.05, 0) is 75.2 Å². The van der Waals surface area contributed by atoms with Crippen molar-refractivity contribution in [3.63, 3.8) is 0 Å². The molecule has 4 aromatic rings. The summed E-state index contributed by atoms with van der Waals surface area (Å²) in [6, 6.07) is 19.3. The summed E-state index contributed by atoms with van der Waals surface area (Å²) < 4.78 is 6.87. The summed E-state index contributed by atoms with van der Waals surface area (Å²) in [6.07, 6.45) is -0.985. The number of nitrogens with one attached hydrogen (secondary N) is 1. The minimum Gasteiger partial charge on any atom is -0.449 e. The zero-order valence-electron chi connectivity index (χ0n) is 19.5. The van der Waals surface area contributed by atoms with Crippen LogP contribution in [0.4, 0.5) is 5.69 Å². The molecule has 34 heavy (non-hydrogen) atoms. The number of hydrogen-bond donors (Lipinski definition) is 1. The molecule has 4 rings (SSSR count). The van der Waals surface area contributed by atoms with Crippen molar-refractivity contribution in [3.05, 3.63) is 99.6 Å². The molecule has 0 bridgehead atoms. The lowest BCUT2D eigenvalue weighted by Crippen LogP contribution is -2.30. The van der Waals surface area contributed by atoms with Crippen LogP contribution in [0.25, 0.3) is 16.6 Å². The highest BCUT2D eigenvalue weighted by molar-refractivity contribution is 5.98. The highest BCUT2D eigenvalue weighted by Gasteiger charge is 2.20. The van der Waals surface area contributed by atoms with E-state index in [1.807, 2.05) is 38.1 Å². The van der Waals surface area contributed by atoms with Crippen molar-refractivity contribution in [1.29, 1.82) is 0 Å². The number of carbonyl (C=O) groups excluding carboxylic acids is 2. The molecule has 1 N–H and O–H groups in total. The number of aryl methyl sites for hydroxylation is 3. The van der Waals surface area contributed by atoms with Crippen LogP contribution in [-0.4, -0.2) is 27.5 Å². The third-order valence-electron chi connectivity index (χ3n) is 5.69. The summed E-state index contributed by atoms with van der Waals surface area (Å²) >= 11 is 0. The number of ether oxygens (including phenoxy) is 1. The summed E-state index contributed by atoms with van der Waals surface area (Å²) in [6.45, 7) is 7.09. The Hall–Kier alpha value is -4.26. The van der Waals surface area contributed by atoms with E-state index in [1.165, 1.54) is 11.5 Å². The van der Waals surface area contributed by atoms with Gasteiger partial charge in [-0.2, -0.15) is 0 Å². The largest absolute Gasteiger partial charge is 0.449 e. The number of nitrogens with zero attached hydrogens (tertiary/aromatic N) is 2. The van der Waals surface area contributed by atoms with Gasteiger partial charge in [-0.15, -0.1) is 0 Å². The molecule has 1 atom stereocenters. The number of rotatable bonds is 5. The zero-order valence-corrected chi connectivity index (χ0v) is 19.5. The van der Waals surface area contributed by atoms with E-state index in [1.54, 1.807) is 49.4 Å². The first kappa shape index (κ1) is 22.9. The number of amides is 1. The Balaban J connectivity index is 1.50. The van der Waals surface area contributed by atoms with Crippen molar-refractivity contribution < 1.29 is 14.3 Å². The van der Waals surface area contributed by atoms with Crippen molar-refractivity contribution in [2.75, 3.05) is 5.32 Å². The number of para-hydroxylation sites is 2. The monoisotopic (exact) mass is 455 g/mol. The lowest BCUT2D eigenvalue weighted by Gasteiger charge is -2.16. The lowest BCUT2D eigenvalue weighted by molar-refractivity contribution is -0.123. The SMILES string of the molecule is Cc1cccc(C)c1NC(=O)C(C)OC(=O)c1ccc(-n2c(C)nc3ccccc3c2=O)cc1. The Morgan fingerprint density at radius 2 is 1.56 bits per heavy atom. The molecule has 1 heterocycles. The normalized spacial score (nSPS) is 11.8. The van der Waals surface area contributed by atoms with E-state index >= 15 is 0 Å². The fourth-order valence-electron chi connectivity index (χ4n) is 3.81. The van der Waals surface area contributed by atoms with E-state index in [2.05, 4.69) is 10.3 Å². The summed E-state index contributed by atoms with van der Waals surface area (Å²) in [4.78, 5) is 42.7. The van der Waals surface area contributed by atoms with Crippen LogP contribution in [0, 0.1) is 20.8 Å². The van der Waals surface area contributed by atoms with Crippen molar-refractivity contribution in [3.8, 4) is 5.69 Å². The lowest BCUT2D eigenvalue weighted by atomic mass is 10.1. The molecule has 0 aliphatic carbocycles. The molecule has 0 saturated heterocycles. The van der Waals surface area contributed by atoms with E-state index in [0.717, 1.165) is 11.1 Å². The minimum atomic E-state index is -0.985. The molecule has 0 aliphatic heterocycles. The van der Waals surface area contributed by atoms with Gasteiger partial charge in [-0.1, -0.05) is 30.3 Å². The first-order valence-corrected chi connectivity index (χ1v) is 10.9. The number of hydrogen-bond acceptors (Lipinski definition) is 5. The molecule has 0 fully saturated rings. The number of benzene rings is 3. The van der Waals surface area contributed by atoms with Crippen LogP contribution in [0.15, 0.2) is 71.5 Å². The predicted molar refractivity (Wildman–Crippen MR) is 132 cm³/mol. The van der Waals surface area contributed by atoms with Gasteiger partial charge in [-0.3, -0.25) is 14.2 Å². The van der Waals surface area contributed by atoms with E-state index in [4.69, 9.17) is 4.74 Å². The third kappa shape index (κ3) is 4.45. The van der Waals surface area contributed by atoms with Gasteiger partial charge >= 0.3 is 5.97 Å². The molecular formula is C27H25N3O4. The van der Waals surface area contributed by atoms with Gasteiger partial charge < -0.3 is 10.1 Å². The second-order valence-electron chi connectivity index (χ2n) is 8.17. The smallest absolute Gasteiger partial charge is 0.338 e. The van der Waals surface area contributed by atoms with Gasteiger partial charge in [0.15, 0.2) is 6.10 Å². The van der Waals surface area contributed by atoms with Crippen molar-refractivity contribution in [2.24, 2.45) is 0 Å². The van der Waals surface area contributed by atoms with E-state index in [9.17, 15) is 14.4 Å². The van der Waals surface area contributed by atoms with Crippen molar-refractivity contribution in [1.82, 2.24) is 9.55 Å². The van der Waals surface area contributed by atoms with Crippen LogP contribution in [0.1, 0.15) is 34.2 Å². The van der Waals surface area contributed by atoms with Crippen LogP contribution in [0.5, 0.6) is 0 Å². The molecule has 0 aliphatic rings. The molecular weight excluding hydrogens is 430 g/mol. The first-order valence-electron chi connectivity index (χ1n) is 10.9. The zero-order chi connectivity index (χ0) is 24.4. The number of aromatic nitrogens is 2. The third-order valence-corrected chi connectivity index (χ3v) is 5.69. The van der Waals surface area contributed by atoms with Gasteiger partial charge in [0.2, 0.25) is 0 Å². The van der Waals surface area contributed by atoms with E-state index in [0.29, 0.717) is 28.1 Å². The first-order chi connectivity index (χ1) is 16.3. The second kappa shape index (κ2) is 9.31.